The standard InChI is InChI=1S/C16H12N2O/c19-15-9-2-1-5-13(15)11-18-14-8-3-6-12-7-4-10-17-16(12)14/h1-11,19H/b18-11+. The van der Waals surface area contributed by atoms with Crippen LogP contribution in [-0.2, 0) is 0 Å². The Hall–Kier alpha value is -2.68. The van der Waals surface area contributed by atoms with Gasteiger partial charge in [0, 0.05) is 23.4 Å². The molecule has 0 aliphatic carbocycles. The molecule has 92 valence electrons. The highest BCUT2D eigenvalue weighted by molar-refractivity contribution is 5.93. The van der Waals surface area contributed by atoms with Crippen LogP contribution < -0.4 is 0 Å². The van der Waals surface area contributed by atoms with Gasteiger partial charge in [-0.2, -0.15) is 0 Å². The molecule has 0 spiro atoms. The SMILES string of the molecule is Oc1ccccc1/C=N/c1cccc2cccnc12. The largest absolute Gasteiger partial charge is 0.507 e. The van der Waals surface area contributed by atoms with E-state index < -0.39 is 0 Å². The van der Waals surface area contributed by atoms with Crippen molar-refractivity contribution >= 4 is 22.8 Å². The molecule has 1 heterocycles. The normalized spacial score (nSPS) is 11.2. The molecular formula is C16H12N2O. The van der Waals surface area contributed by atoms with E-state index in [4.69, 9.17) is 0 Å². The molecule has 1 N–H and O–H groups in total. The van der Waals surface area contributed by atoms with Crippen molar-refractivity contribution in [1.82, 2.24) is 4.98 Å². The summed E-state index contributed by atoms with van der Waals surface area (Å²) in [7, 11) is 0. The van der Waals surface area contributed by atoms with E-state index in [1.54, 1.807) is 24.5 Å². The molecule has 0 unspecified atom stereocenters. The van der Waals surface area contributed by atoms with Crippen LogP contribution in [0.3, 0.4) is 0 Å². The van der Waals surface area contributed by atoms with Crippen LogP contribution in [0.15, 0.2) is 65.8 Å². The van der Waals surface area contributed by atoms with E-state index in [0.29, 0.717) is 5.56 Å². The highest BCUT2D eigenvalue weighted by atomic mass is 16.3. The third-order valence-corrected chi connectivity index (χ3v) is 2.89. The van der Waals surface area contributed by atoms with Gasteiger partial charge in [0.2, 0.25) is 0 Å². The second-order valence-electron chi connectivity index (χ2n) is 4.17. The van der Waals surface area contributed by atoms with Gasteiger partial charge >= 0.3 is 0 Å². The van der Waals surface area contributed by atoms with Crippen LogP contribution in [0.1, 0.15) is 5.56 Å². The third-order valence-electron chi connectivity index (χ3n) is 2.89. The van der Waals surface area contributed by atoms with Gasteiger partial charge in [-0.05, 0) is 24.3 Å². The van der Waals surface area contributed by atoms with Crippen molar-refractivity contribution in [3.63, 3.8) is 0 Å². The average molecular weight is 248 g/mol. The van der Waals surface area contributed by atoms with Crippen LogP contribution >= 0.6 is 0 Å². The van der Waals surface area contributed by atoms with Gasteiger partial charge in [-0.1, -0.05) is 30.3 Å². The van der Waals surface area contributed by atoms with Gasteiger partial charge in [0.1, 0.15) is 5.75 Å². The number of aromatic hydroxyl groups is 1. The summed E-state index contributed by atoms with van der Waals surface area (Å²) in [5.41, 5.74) is 2.34. The predicted octanol–water partition coefficient (Wildman–Crippen LogP) is 3.69. The van der Waals surface area contributed by atoms with Crippen molar-refractivity contribution in [2.75, 3.05) is 0 Å². The van der Waals surface area contributed by atoms with Crippen molar-refractivity contribution in [3.8, 4) is 5.75 Å². The number of fused-ring (bicyclic) bond motifs is 1. The number of rotatable bonds is 2. The summed E-state index contributed by atoms with van der Waals surface area (Å²) in [6.07, 6.45) is 3.40. The van der Waals surface area contributed by atoms with Crippen molar-refractivity contribution in [3.05, 3.63) is 66.4 Å². The summed E-state index contributed by atoms with van der Waals surface area (Å²) in [4.78, 5) is 8.76. The molecule has 0 saturated heterocycles. The van der Waals surface area contributed by atoms with E-state index in [-0.39, 0.29) is 5.75 Å². The van der Waals surface area contributed by atoms with Gasteiger partial charge < -0.3 is 5.11 Å². The van der Waals surface area contributed by atoms with E-state index in [2.05, 4.69) is 9.98 Å². The number of phenolic OH excluding ortho intramolecular Hbond substituents is 1. The van der Waals surface area contributed by atoms with Crippen molar-refractivity contribution < 1.29 is 5.11 Å². The number of hydrogen-bond acceptors (Lipinski definition) is 3. The Morgan fingerprint density at radius 1 is 0.947 bits per heavy atom. The van der Waals surface area contributed by atoms with Crippen LogP contribution in [0.2, 0.25) is 0 Å². The van der Waals surface area contributed by atoms with Crippen molar-refractivity contribution in [1.29, 1.82) is 0 Å². The Bertz CT molecular complexity index is 745. The first-order valence-electron chi connectivity index (χ1n) is 6.00. The minimum atomic E-state index is 0.222. The molecule has 0 aliphatic heterocycles. The summed E-state index contributed by atoms with van der Waals surface area (Å²) in [6.45, 7) is 0. The number of hydrogen-bond donors (Lipinski definition) is 1. The summed E-state index contributed by atoms with van der Waals surface area (Å²) in [5, 5.41) is 10.7. The minimum absolute atomic E-state index is 0.222. The summed E-state index contributed by atoms with van der Waals surface area (Å²) >= 11 is 0. The second kappa shape index (κ2) is 4.90. The van der Waals surface area contributed by atoms with Crippen LogP contribution in [0.25, 0.3) is 10.9 Å². The lowest BCUT2D eigenvalue weighted by atomic mass is 10.2. The van der Waals surface area contributed by atoms with Gasteiger partial charge in [-0.25, -0.2) is 0 Å². The second-order valence-corrected chi connectivity index (χ2v) is 4.17. The van der Waals surface area contributed by atoms with Crippen molar-refractivity contribution in [2.45, 2.75) is 0 Å². The summed E-state index contributed by atoms with van der Waals surface area (Å²) in [5.74, 6) is 0.222. The Balaban J connectivity index is 2.04. The van der Waals surface area contributed by atoms with Crippen LogP contribution in [0.4, 0.5) is 5.69 Å². The molecule has 1 aromatic heterocycles. The molecule has 0 saturated carbocycles. The monoisotopic (exact) mass is 248 g/mol. The van der Waals surface area contributed by atoms with Gasteiger partial charge in [-0.15, -0.1) is 0 Å². The number of aliphatic imine (C=N–C) groups is 1. The summed E-state index contributed by atoms with van der Waals surface area (Å²) < 4.78 is 0. The molecule has 0 bridgehead atoms. The Kier molecular flexibility index (Phi) is 2.94. The van der Waals surface area contributed by atoms with Crippen molar-refractivity contribution in [2.24, 2.45) is 4.99 Å². The molecule has 0 aliphatic rings. The Morgan fingerprint density at radius 2 is 1.79 bits per heavy atom. The number of aromatic nitrogens is 1. The lowest BCUT2D eigenvalue weighted by molar-refractivity contribution is 0.474. The maximum Gasteiger partial charge on any atom is 0.124 e. The van der Waals surface area contributed by atoms with Gasteiger partial charge in [0.25, 0.3) is 0 Å². The quantitative estimate of drug-likeness (QED) is 0.703. The zero-order valence-corrected chi connectivity index (χ0v) is 10.2. The first-order chi connectivity index (χ1) is 9.34. The molecule has 0 atom stereocenters. The number of nitrogens with zero attached hydrogens (tertiary/aromatic N) is 2. The molecule has 3 nitrogen and oxygen atoms in total. The maximum absolute atomic E-state index is 9.69. The van der Waals surface area contributed by atoms with Gasteiger partial charge in [-0.3, -0.25) is 9.98 Å². The topological polar surface area (TPSA) is 45.5 Å². The fourth-order valence-electron chi connectivity index (χ4n) is 1.93. The van der Waals surface area contributed by atoms with E-state index in [9.17, 15) is 5.11 Å². The van der Waals surface area contributed by atoms with Crippen LogP contribution in [-0.4, -0.2) is 16.3 Å². The van der Waals surface area contributed by atoms with Crippen LogP contribution in [0, 0.1) is 0 Å². The molecule has 2 aromatic carbocycles. The lowest BCUT2D eigenvalue weighted by Crippen LogP contribution is -1.82. The van der Waals surface area contributed by atoms with Gasteiger partial charge in [0.15, 0.2) is 0 Å². The molecule has 0 fully saturated rings. The fourth-order valence-corrected chi connectivity index (χ4v) is 1.93. The van der Waals surface area contributed by atoms with Gasteiger partial charge in [0.05, 0.1) is 11.2 Å². The van der Waals surface area contributed by atoms with E-state index >= 15 is 0 Å². The zero-order chi connectivity index (χ0) is 13.1. The third kappa shape index (κ3) is 2.31. The highest BCUT2D eigenvalue weighted by Crippen LogP contribution is 2.24. The fraction of sp³-hybridized carbons (Fsp3) is 0. The molecule has 3 heteroatoms. The number of pyridine rings is 1. The Morgan fingerprint density at radius 3 is 2.68 bits per heavy atom. The number of benzene rings is 2. The van der Waals surface area contributed by atoms with E-state index in [1.165, 1.54) is 0 Å². The zero-order valence-electron chi connectivity index (χ0n) is 10.2. The number of para-hydroxylation sites is 2. The predicted molar refractivity (Wildman–Crippen MR) is 77.1 cm³/mol. The smallest absolute Gasteiger partial charge is 0.124 e. The minimum Gasteiger partial charge on any atom is -0.507 e. The molecule has 3 aromatic rings. The molecule has 3 rings (SSSR count). The molecule has 0 amide bonds. The highest BCUT2D eigenvalue weighted by Gasteiger charge is 2.00. The first kappa shape index (κ1) is 11.4. The summed E-state index contributed by atoms with van der Waals surface area (Å²) in [6, 6.07) is 16.9. The first-order valence-corrected chi connectivity index (χ1v) is 6.00. The average Bonchev–Trinajstić information content (AvgIpc) is 2.46. The maximum atomic E-state index is 9.69. The molecule has 0 radical (unpaired) electrons. The van der Waals surface area contributed by atoms with Crippen LogP contribution in [0.5, 0.6) is 5.75 Å². The Labute approximate surface area is 110 Å². The van der Waals surface area contributed by atoms with E-state index in [1.807, 2.05) is 42.5 Å². The number of phenols is 1. The molecule has 19 heavy (non-hydrogen) atoms. The molecular weight excluding hydrogens is 236 g/mol. The lowest BCUT2D eigenvalue weighted by Gasteiger charge is -2.01. The van der Waals surface area contributed by atoms with E-state index in [0.717, 1.165) is 16.6 Å².